The Morgan fingerprint density at radius 3 is 2.71 bits per heavy atom. The third-order valence-corrected chi connectivity index (χ3v) is 3.58. The van der Waals surface area contributed by atoms with Crippen LogP contribution in [0.2, 0.25) is 0 Å². The fourth-order valence-electron chi connectivity index (χ4n) is 1.58. The second-order valence-corrected chi connectivity index (χ2v) is 5.67. The summed E-state index contributed by atoms with van der Waals surface area (Å²) in [4.78, 5) is 11.9. The van der Waals surface area contributed by atoms with Crippen LogP contribution < -0.4 is 5.32 Å². The number of benzene rings is 1. The zero-order valence-electron chi connectivity index (χ0n) is 9.93. The molecule has 1 rings (SSSR count). The van der Waals surface area contributed by atoms with E-state index in [9.17, 15) is 4.79 Å². The quantitative estimate of drug-likeness (QED) is 0.600. The summed E-state index contributed by atoms with van der Waals surface area (Å²) >= 11 is 6.78. The van der Waals surface area contributed by atoms with Crippen molar-refractivity contribution in [3.8, 4) is 0 Å². The Bertz CT molecular complexity index is 380. The average molecular weight is 363 g/mol. The number of amides is 1. The van der Waals surface area contributed by atoms with E-state index < -0.39 is 0 Å². The molecular formula is C13H17Br2NO. The fourth-order valence-corrected chi connectivity index (χ4v) is 2.45. The minimum absolute atomic E-state index is 0.0221. The van der Waals surface area contributed by atoms with Crippen molar-refractivity contribution in [1.82, 2.24) is 5.32 Å². The van der Waals surface area contributed by atoms with Gasteiger partial charge in [-0.05, 0) is 43.5 Å². The van der Waals surface area contributed by atoms with Gasteiger partial charge in [-0.2, -0.15) is 0 Å². The third-order valence-electron chi connectivity index (χ3n) is 2.53. The van der Waals surface area contributed by atoms with Crippen LogP contribution in [0.25, 0.3) is 0 Å². The van der Waals surface area contributed by atoms with Crippen LogP contribution in [0.1, 0.15) is 35.2 Å². The number of carbonyl (C=O) groups excluding carboxylic acids is 1. The number of aryl methyl sites for hydroxylation is 1. The lowest BCUT2D eigenvalue weighted by Gasteiger charge is -2.07. The molecule has 0 spiro atoms. The van der Waals surface area contributed by atoms with E-state index in [-0.39, 0.29) is 5.91 Å². The first-order valence-corrected chi connectivity index (χ1v) is 7.67. The summed E-state index contributed by atoms with van der Waals surface area (Å²) in [6, 6.07) is 5.71. The van der Waals surface area contributed by atoms with Crippen molar-refractivity contribution in [2.75, 3.05) is 11.9 Å². The van der Waals surface area contributed by atoms with E-state index in [2.05, 4.69) is 37.2 Å². The van der Waals surface area contributed by atoms with Crippen LogP contribution in [-0.2, 0) is 0 Å². The normalized spacial score (nSPS) is 10.3. The summed E-state index contributed by atoms with van der Waals surface area (Å²) in [6.45, 7) is 2.70. The van der Waals surface area contributed by atoms with E-state index in [0.29, 0.717) is 0 Å². The van der Waals surface area contributed by atoms with Gasteiger partial charge < -0.3 is 5.32 Å². The van der Waals surface area contributed by atoms with Crippen LogP contribution in [0.5, 0.6) is 0 Å². The molecule has 0 saturated heterocycles. The van der Waals surface area contributed by atoms with Gasteiger partial charge >= 0.3 is 0 Å². The molecule has 1 amide bonds. The van der Waals surface area contributed by atoms with E-state index >= 15 is 0 Å². The summed E-state index contributed by atoms with van der Waals surface area (Å²) in [5.74, 6) is 0.0221. The zero-order chi connectivity index (χ0) is 12.7. The second-order valence-electron chi connectivity index (χ2n) is 3.96. The first kappa shape index (κ1) is 14.7. The highest BCUT2D eigenvalue weighted by atomic mass is 79.9. The maximum atomic E-state index is 11.9. The molecule has 0 aliphatic heterocycles. The monoisotopic (exact) mass is 361 g/mol. The van der Waals surface area contributed by atoms with E-state index in [0.717, 1.165) is 46.7 Å². The van der Waals surface area contributed by atoms with E-state index in [4.69, 9.17) is 0 Å². The SMILES string of the molecule is Cc1cc(Br)ccc1C(=O)NCCCCCBr. The third kappa shape index (κ3) is 5.21. The Hall–Kier alpha value is -0.350. The van der Waals surface area contributed by atoms with Crippen LogP contribution in [-0.4, -0.2) is 17.8 Å². The molecule has 1 N–H and O–H groups in total. The molecule has 1 aromatic carbocycles. The molecule has 17 heavy (non-hydrogen) atoms. The number of nitrogens with one attached hydrogen (secondary N) is 1. The maximum Gasteiger partial charge on any atom is 0.251 e. The number of halogens is 2. The van der Waals surface area contributed by atoms with Gasteiger partial charge in [-0.3, -0.25) is 4.79 Å². The minimum atomic E-state index is 0.0221. The summed E-state index contributed by atoms with van der Waals surface area (Å²) in [5, 5.41) is 3.98. The molecule has 0 aliphatic rings. The van der Waals surface area contributed by atoms with E-state index in [1.807, 2.05) is 25.1 Å². The van der Waals surface area contributed by atoms with Crippen LogP contribution in [0.3, 0.4) is 0 Å². The number of unbranched alkanes of at least 4 members (excludes halogenated alkanes) is 2. The van der Waals surface area contributed by atoms with Gasteiger partial charge in [0.15, 0.2) is 0 Å². The van der Waals surface area contributed by atoms with Gasteiger partial charge in [0.05, 0.1) is 0 Å². The lowest BCUT2D eigenvalue weighted by Crippen LogP contribution is -2.25. The minimum Gasteiger partial charge on any atom is -0.352 e. The van der Waals surface area contributed by atoms with Gasteiger partial charge in [-0.15, -0.1) is 0 Å². The second kappa shape index (κ2) is 7.88. The Kier molecular flexibility index (Phi) is 6.82. The molecule has 1 aromatic rings. The number of alkyl halides is 1. The van der Waals surface area contributed by atoms with Gasteiger partial charge in [0.1, 0.15) is 0 Å². The number of hydrogen-bond donors (Lipinski definition) is 1. The molecular weight excluding hydrogens is 346 g/mol. The lowest BCUT2D eigenvalue weighted by molar-refractivity contribution is 0.0952. The van der Waals surface area contributed by atoms with Crippen LogP contribution in [0.15, 0.2) is 22.7 Å². The fraction of sp³-hybridized carbons (Fsp3) is 0.462. The molecule has 0 saturated carbocycles. The molecule has 4 heteroatoms. The van der Waals surface area contributed by atoms with Gasteiger partial charge in [-0.1, -0.05) is 38.3 Å². The predicted octanol–water partition coefficient (Wildman–Crippen LogP) is 4.05. The Balaban J connectivity index is 2.42. The van der Waals surface area contributed by atoms with Crippen LogP contribution >= 0.6 is 31.9 Å². The highest BCUT2D eigenvalue weighted by Gasteiger charge is 2.07. The smallest absolute Gasteiger partial charge is 0.251 e. The zero-order valence-corrected chi connectivity index (χ0v) is 13.1. The maximum absolute atomic E-state index is 11.9. The Labute approximate surface area is 119 Å². The number of carbonyl (C=O) groups is 1. The standard InChI is InChI=1S/C13H17Br2NO/c1-10-9-11(15)5-6-12(10)13(17)16-8-4-2-3-7-14/h5-6,9H,2-4,7-8H2,1H3,(H,16,17). The lowest BCUT2D eigenvalue weighted by atomic mass is 10.1. The van der Waals surface area contributed by atoms with Crippen molar-refractivity contribution in [2.24, 2.45) is 0 Å². The molecule has 0 aromatic heterocycles. The van der Waals surface area contributed by atoms with Crippen molar-refractivity contribution in [3.05, 3.63) is 33.8 Å². The van der Waals surface area contributed by atoms with Gasteiger partial charge in [0, 0.05) is 21.9 Å². The summed E-state index contributed by atoms with van der Waals surface area (Å²) in [5.41, 5.74) is 1.76. The van der Waals surface area contributed by atoms with Crippen molar-refractivity contribution < 1.29 is 4.79 Å². The molecule has 0 unspecified atom stereocenters. The Morgan fingerprint density at radius 1 is 1.29 bits per heavy atom. The predicted molar refractivity (Wildman–Crippen MR) is 78.9 cm³/mol. The molecule has 0 fully saturated rings. The summed E-state index contributed by atoms with van der Waals surface area (Å²) < 4.78 is 1.00. The average Bonchev–Trinajstić information content (AvgIpc) is 2.28. The van der Waals surface area contributed by atoms with Crippen molar-refractivity contribution in [1.29, 1.82) is 0 Å². The van der Waals surface area contributed by atoms with E-state index in [1.165, 1.54) is 0 Å². The summed E-state index contributed by atoms with van der Waals surface area (Å²) in [6.07, 6.45) is 3.34. The first-order chi connectivity index (χ1) is 8.15. The molecule has 0 heterocycles. The molecule has 0 radical (unpaired) electrons. The molecule has 0 aliphatic carbocycles. The van der Waals surface area contributed by atoms with Crippen LogP contribution in [0.4, 0.5) is 0 Å². The number of hydrogen-bond acceptors (Lipinski definition) is 1. The molecule has 0 bridgehead atoms. The largest absolute Gasteiger partial charge is 0.352 e. The van der Waals surface area contributed by atoms with Gasteiger partial charge in [-0.25, -0.2) is 0 Å². The van der Waals surface area contributed by atoms with Crippen molar-refractivity contribution >= 4 is 37.8 Å². The summed E-state index contributed by atoms with van der Waals surface area (Å²) in [7, 11) is 0. The topological polar surface area (TPSA) is 29.1 Å². The highest BCUT2D eigenvalue weighted by Crippen LogP contribution is 2.15. The van der Waals surface area contributed by atoms with Gasteiger partial charge in [0.2, 0.25) is 0 Å². The first-order valence-electron chi connectivity index (χ1n) is 5.75. The van der Waals surface area contributed by atoms with Crippen LogP contribution in [0, 0.1) is 6.92 Å². The van der Waals surface area contributed by atoms with E-state index in [1.54, 1.807) is 0 Å². The Morgan fingerprint density at radius 2 is 2.06 bits per heavy atom. The highest BCUT2D eigenvalue weighted by molar-refractivity contribution is 9.10. The van der Waals surface area contributed by atoms with Gasteiger partial charge in [0.25, 0.3) is 5.91 Å². The molecule has 94 valence electrons. The van der Waals surface area contributed by atoms with Crippen molar-refractivity contribution in [3.63, 3.8) is 0 Å². The molecule has 2 nitrogen and oxygen atoms in total. The number of rotatable bonds is 6. The van der Waals surface area contributed by atoms with Crippen molar-refractivity contribution in [2.45, 2.75) is 26.2 Å². The molecule has 0 atom stereocenters.